The topological polar surface area (TPSA) is 38.1 Å². The van der Waals surface area contributed by atoms with E-state index in [2.05, 4.69) is 28.5 Å². The lowest BCUT2D eigenvalue weighted by Crippen LogP contribution is -2.26. The van der Waals surface area contributed by atoms with Gasteiger partial charge >= 0.3 is 0 Å². The van der Waals surface area contributed by atoms with Gasteiger partial charge in [0.05, 0.1) is 0 Å². The molecule has 2 heterocycles. The Morgan fingerprint density at radius 1 is 1.05 bits per heavy atom. The van der Waals surface area contributed by atoms with Gasteiger partial charge in [0.2, 0.25) is 0 Å². The fourth-order valence-electron chi connectivity index (χ4n) is 2.87. The van der Waals surface area contributed by atoms with Crippen molar-refractivity contribution in [2.24, 2.45) is 0 Å². The molecule has 1 aliphatic carbocycles. The van der Waals surface area contributed by atoms with Crippen LogP contribution in [-0.2, 0) is 0 Å². The van der Waals surface area contributed by atoms with Gasteiger partial charge in [-0.15, -0.1) is 12.4 Å². The van der Waals surface area contributed by atoms with Gasteiger partial charge in [-0.05, 0) is 62.4 Å². The zero-order valence-electron chi connectivity index (χ0n) is 10.9. The molecule has 1 N–H and O–H groups in total. The maximum absolute atomic E-state index is 5.99. The zero-order chi connectivity index (χ0) is 11.9. The summed E-state index contributed by atoms with van der Waals surface area (Å²) in [4.78, 5) is 4.66. The highest BCUT2D eigenvalue weighted by Gasteiger charge is 2.25. The highest BCUT2D eigenvalue weighted by atomic mass is 35.5. The van der Waals surface area contributed by atoms with Crippen LogP contribution in [-0.4, -0.2) is 18.1 Å². The molecular weight excluding hydrogens is 260 g/mol. The number of rotatable bonds is 2. The van der Waals surface area contributed by atoms with Crippen LogP contribution in [0.15, 0.2) is 22.6 Å². The Morgan fingerprint density at radius 2 is 1.84 bits per heavy atom. The number of hydrogen-bond acceptors (Lipinski definition) is 3. The quantitative estimate of drug-likeness (QED) is 0.912. The fraction of sp³-hybridized carbons (Fsp3) is 0.533. The van der Waals surface area contributed by atoms with Gasteiger partial charge in [-0.3, -0.25) is 0 Å². The van der Waals surface area contributed by atoms with Crippen LogP contribution in [0.25, 0.3) is 11.1 Å². The summed E-state index contributed by atoms with van der Waals surface area (Å²) in [5.41, 5.74) is 3.43. The van der Waals surface area contributed by atoms with Crippen molar-refractivity contribution in [3.05, 3.63) is 29.7 Å². The van der Waals surface area contributed by atoms with Gasteiger partial charge in [-0.2, -0.15) is 0 Å². The van der Waals surface area contributed by atoms with Crippen LogP contribution in [0.2, 0.25) is 0 Å². The third kappa shape index (κ3) is 2.49. The molecule has 1 aromatic heterocycles. The van der Waals surface area contributed by atoms with Gasteiger partial charge in [0.15, 0.2) is 11.5 Å². The number of nitrogens with zero attached hydrogens (tertiary/aromatic N) is 1. The molecule has 1 aliphatic heterocycles. The molecule has 4 heteroatoms. The largest absolute Gasteiger partial charge is 0.440 e. The lowest BCUT2D eigenvalue weighted by molar-refractivity contribution is 0.385. The first-order valence-electron chi connectivity index (χ1n) is 7.01. The van der Waals surface area contributed by atoms with Crippen LogP contribution < -0.4 is 5.32 Å². The van der Waals surface area contributed by atoms with Crippen LogP contribution in [0, 0.1) is 0 Å². The maximum Gasteiger partial charge on any atom is 0.198 e. The molecule has 4 rings (SSSR count). The predicted octanol–water partition coefficient (Wildman–Crippen LogP) is 3.59. The van der Waals surface area contributed by atoms with E-state index in [1.165, 1.54) is 18.4 Å². The number of hydrogen-bond donors (Lipinski definition) is 1. The van der Waals surface area contributed by atoms with Crippen LogP contribution in [0.5, 0.6) is 0 Å². The van der Waals surface area contributed by atoms with Crippen LogP contribution in [0.1, 0.15) is 49.0 Å². The number of nitrogens with one attached hydrogen (secondary N) is 1. The van der Waals surface area contributed by atoms with Crippen molar-refractivity contribution < 1.29 is 4.42 Å². The Kier molecular flexibility index (Phi) is 3.50. The SMILES string of the molecule is Cl.c1cc2nc(C3CCNCC3)oc2cc1C1CC1. The van der Waals surface area contributed by atoms with E-state index in [4.69, 9.17) is 4.42 Å². The summed E-state index contributed by atoms with van der Waals surface area (Å²) in [6.07, 6.45) is 4.95. The molecule has 3 nitrogen and oxygen atoms in total. The van der Waals surface area contributed by atoms with Crippen molar-refractivity contribution in [2.45, 2.75) is 37.5 Å². The number of oxazole rings is 1. The summed E-state index contributed by atoms with van der Waals surface area (Å²) in [5, 5.41) is 3.38. The second-order valence-electron chi connectivity index (χ2n) is 5.58. The van der Waals surface area contributed by atoms with Gasteiger partial charge < -0.3 is 9.73 Å². The number of piperidine rings is 1. The average Bonchev–Trinajstić information content (AvgIpc) is 3.18. The molecule has 0 atom stereocenters. The first-order valence-corrected chi connectivity index (χ1v) is 7.01. The fourth-order valence-corrected chi connectivity index (χ4v) is 2.87. The Hall–Kier alpha value is -1.06. The summed E-state index contributed by atoms with van der Waals surface area (Å²) in [6, 6.07) is 6.54. The Bertz CT molecular complexity index is 571. The molecule has 0 unspecified atom stereocenters. The number of aromatic nitrogens is 1. The molecular formula is C15H19ClN2O. The van der Waals surface area contributed by atoms with Crippen molar-refractivity contribution in [2.75, 3.05) is 13.1 Å². The van der Waals surface area contributed by atoms with Crippen LogP contribution >= 0.6 is 12.4 Å². The molecule has 1 aromatic carbocycles. The van der Waals surface area contributed by atoms with E-state index >= 15 is 0 Å². The van der Waals surface area contributed by atoms with Crippen molar-refractivity contribution in [1.82, 2.24) is 10.3 Å². The molecule has 0 bridgehead atoms. The van der Waals surface area contributed by atoms with Crippen molar-refractivity contribution in [3.8, 4) is 0 Å². The van der Waals surface area contributed by atoms with Gasteiger partial charge in [0.1, 0.15) is 5.52 Å². The van der Waals surface area contributed by atoms with E-state index in [1.54, 1.807) is 0 Å². The Morgan fingerprint density at radius 3 is 2.58 bits per heavy atom. The normalized spacial score (nSPS) is 20.4. The van der Waals surface area contributed by atoms with E-state index in [0.29, 0.717) is 5.92 Å². The molecule has 0 radical (unpaired) electrons. The second kappa shape index (κ2) is 5.14. The molecule has 1 saturated carbocycles. The first-order chi connectivity index (χ1) is 8.90. The van der Waals surface area contributed by atoms with Gasteiger partial charge in [-0.1, -0.05) is 6.07 Å². The van der Waals surface area contributed by atoms with Gasteiger partial charge in [0.25, 0.3) is 0 Å². The maximum atomic E-state index is 5.99. The van der Waals surface area contributed by atoms with Crippen molar-refractivity contribution in [3.63, 3.8) is 0 Å². The minimum atomic E-state index is 0. The van der Waals surface area contributed by atoms with Gasteiger partial charge in [-0.25, -0.2) is 4.98 Å². The first kappa shape index (κ1) is 12.9. The summed E-state index contributed by atoms with van der Waals surface area (Å²) in [7, 11) is 0. The summed E-state index contributed by atoms with van der Waals surface area (Å²) >= 11 is 0. The summed E-state index contributed by atoms with van der Waals surface area (Å²) < 4.78 is 5.99. The third-order valence-electron chi connectivity index (χ3n) is 4.17. The molecule has 19 heavy (non-hydrogen) atoms. The molecule has 0 spiro atoms. The Balaban J connectivity index is 0.00000110. The van der Waals surface area contributed by atoms with E-state index in [9.17, 15) is 0 Å². The minimum absolute atomic E-state index is 0. The van der Waals surface area contributed by atoms with Crippen molar-refractivity contribution in [1.29, 1.82) is 0 Å². The highest BCUT2D eigenvalue weighted by Crippen LogP contribution is 2.41. The minimum Gasteiger partial charge on any atom is -0.440 e. The summed E-state index contributed by atoms with van der Waals surface area (Å²) in [6.45, 7) is 2.16. The molecule has 2 aromatic rings. The van der Waals surface area contributed by atoms with Crippen LogP contribution in [0.4, 0.5) is 0 Å². The monoisotopic (exact) mass is 278 g/mol. The second-order valence-corrected chi connectivity index (χ2v) is 5.58. The van der Waals surface area contributed by atoms with Crippen molar-refractivity contribution >= 4 is 23.5 Å². The smallest absolute Gasteiger partial charge is 0.198 e. The molecule has 1 saturated heterocycles. The molecule has 2 fully saturated rings. The lowest BCUT2D eigenvalue weighted by atomic mass is 9.98. The average molecular weight is 279 g/mol. The zero-order valence-corrected chi connectivity index (χ0v) is 11.7. The number of fused-ring (bicyclic) bond motifs is 1. The molecule has 102 valence electrons. The van der Waals surface area contributed by atoms with E-state index in [-0.39, 0.29) is 12.4 Å². The lowest BCUT2D eigenvalue weighted by Gasteiger charge is -2.19. The third-order valence-corrected chi connectivity index (χ3v) is 4.17. The number of halogens is 1. The predicted molar refractivity (Wildman–Crippen MR) is 78.1 cm³/mol. The van der Waals surface area contributed by atoms with Gasteiger partial charge in [0, 0.05) is 5.92 Å². The molecule has 0 amide bonds. The van der Waals surface area contributed by atoms with Crippen LogP contribution in [0.3, 0.4) is 0 Å². The van der Waals surface area contributed by atoms with E-state index < -0.39 is 0 Å². The summed E-state index contributed by atoms with van der Waals surface area (Å²) in [5.74, 6) is 2.23. The standard InChI is InChI=1S/C15H18N2O.ClH/c1-2-10(1)12-3-4-13-14(9-12)18-15(17-13)11-5-7-16-8-6-11;/h3-4,9-11,16H,1-2,5-8H2;1H. The number of benzene rings is 1. The van der Waals surface area contributed by atoms with E-state index in [1.807, 2.05) is 0 Å². The molecule has 2 aliphatic rings. The highest BCUT2D eigenvalue weighted by molar-refractivity contribution is 5.85. The van der Waals surface area contributed by atoms with E-state index in [0.717, 1.165) is 48.8 Å². The Labute approximate surface area is 119 Å².